The zero-order valence-corrected chi connectivity index (χ0v) is 17.0. The summed E-state index contributed by atoms with van der Waals surface area (Å²) in [6.07, 6.45) is 6.41. The fraction of sp³-hybridized carbons (Fsp3) is 0.412. The molecule has 0 aliphatic heterocycles. The molecule has 3 rings (SSSR count). The summed E-state index contributed by atoms with van der Waals surface area (Å²) in [6.45, 7) is 0.0913. The van der Waals surface area contributed by atoms with Crippen molar-refractivity contribution in [3.63, 3.8) is 0 Å². The van der Waals surface area contributed by atoms with Crippen LogP contribution in [0.1, 0.15) is 46.0 Å². The molecule has 0 atom stereocenters. The fourth-order valence-corrected chi connectivity index (χ4v) is 4.15. The van der Waals surface area contributed by atoms with Gasteiger partial charge in [0.05, 0.1) is 18.0 Å². The summed E-state index contributed by atoms with van der Waals surface area (Å²) in [4.78, 5) is 13.8. The van der Waals surface area contributed by atoms with Crippen molar-refractivity contribution in [1.82, 2.24) is 9.46 Å². The molecule has 1 aromatic heterocycles. The molecular formula is C17H19ClN2O4S2. The van der Waals surface area contributed by atoms with Crippen molar-refractivity contribution in [2.45, 2.75) is 30.2 Å². The summed E-state index contributed by atoms with van der Waals surface area (Å²) in [5.41, 5.74) is 1.55. The van der Waals surface area contributed by atoms with E-state index in [4.69, 9.17) is 16.1 Å². The molecule has 2 aromatic rings. The first kappa shape index (κ1) is 19.4. The predicted octanol–water partition coefficient (Wildman–Crippen LogP) is 3.55. The van der Waals surface area contributed by atoms with Gasteiger partial charge in [0.1, 0.15) is 0 Å². The molecular weight excluding hydrogens is 396 g/mol. The number of thioether (sulfide) groups is 1. The Kier molecular flexibility index (Phi) is 5.48. The number of hydrogen-bond donors (Lipinski definition) is 0. The highest BCUT2D eigenvalue weighted by atomic mass is 35.5. The Balaban J connectivity index is 2.03. The lowest BCUT2D eigenvalue weighted by Crippen LogP contribution is -2.25. The van der Waals surface area contributed by atoms with Crippen LogP contribution in [0.25, 0.3) is 0 Å². The molecule has 0 saturated heterocycles. The number of sulfonamides is 1. The van der Waals surface area contributed by atoms with Gasteiger partial charge < -0.3 is 4.52 Å². The lowest BCUT2D eigenvalue weighted by atomic mass is 10.0. The molecule has 0 spiro atoms. The third kappa shape index (κ3) is 3.83. The molecule has 1 aliphatic carbocycles. The molecule has 6 nitrogen and oxygen atoms in total. The predicted molar refractivity (Wildman–Crippen MR) is 101 cm³/mol. The van der Waals surface area contributed by atoms with E-state index in [1.165, 1.54) is 29.3 Å². The Morgan fingerprint density at radius 3 is 2.65 bits per heavy atom. The summed E-state index contributed by atoms with van der Waals surface area (Å²) in [7, 11) is -1.89. The third-order valence-electron chi connectivity index (χ3n) is 4.39. The van der Waals surface area contributed by atoms with Crippen LogP contribution < -0.4 is 0 Å². The smallest absolute Gasteiger partial charge is 0.211 e. The number of halogens is 1. The third-order valence-corrected chi connectivity index (χ3v) is 6.88. The zero-order valence-electron chi connectivity index (χ0n) is 14.7. The van der Waals surface area contributed by atoms with Crippen molar-refractivity contribution < 1.29 is 17.7 Å². The molecule has 0 N–H and O–H groups in total. The summed E-state index contributed by atoms with van der Waals surface area (Å²) in [6, 6.07) is 3.30. The van der Waals surface area contributed by atoms with E-state index in [0.717, 1.165) is 19.1 Å². The van der Waals surface area contributed by atoms with Gasteiger partial charge in [-0.05, 0) is 31.2 Å². The highest BCUT2D eigenvalue weighted by Gasteiger charge is 2.33. The molecule has 26 heavy (non-hydrogen) atoms. The first-order chi connectivity index (χ1) is 12.2. The molecule has 1 aliphatic rings. The average Bonchev–Trinajstić information content (AvgIpc) is 3.31. The monoisotopic (exact) mass is 414 g/mol. The molecule has 0 amide bonds. The second kappa shape index (κ2) is 7.34. The number of carbonyl (C=O) groups is 1. The average molecular weight is 415 g/mol. The van der Waals surface area contributed by atoms with Gasteiger partial charge in [-0.3, -0.25) is 4.79 Å². The number of rotatable bonds is 7. The van der Waals surface area contributed by atoms with E-state index in [2.05, 4.69) is 5.16 Å². The van der Waals surface area contributed by atoms with E-state index < -0.39 is 10.0 Å². The van der Waals surface area contributed by atoms with Gasteiger partial charge in [-0.15, -0.1) is 11.8 Å². The van der Waals surface area contributed by atoms with Crippen molar-refractivity contribution in [3.05, 3.63) is 45.8 Å². The first-order valence-electron chi connectivity index (χ1n) is 8.00. The van der Waals surface area contributed by atoms with Crippen molar-refractivity contribution in [3.8, 4) is 0 Å². The van der Waals surface area contributed by atoms with Gasteiger partial charge in [-0.1, -0.05) is 16.8 Å². The first-order valence-corrected chi connectivity index (χ1v) is 11.4. The lowest BCUT2D eigenvalue weighted by Gasteiger charge is -2.19. The molecule has 1 heterocycles. The van der Waals surface area contributed by atoms with Crippen LogP contribution in [-0.4, -0.2) is 43.2 Å². The Morgan fingerprint density at radius 1 is 1.38 bits per heavy atom. The topological polar surface area (TPSA) is 80.5 Å². The largest absolute Gasteiger partial charge is 0.360 e. The molecule has 0 unspecified atom stereocenters. The van der Waals surface area contributed by atoms with Gasteiger partial charge in [0.15, 0.2) is 11.5 Å². The van der Waals surface area contributed by atoms with Gasteiger partial charge in [-0.2, -0.15) is 0 Å². The van der Waals surface area contributed by atoms with Crippen LogP contribution >= 0.6 is 23.4 Å². The molecule has 0 radical (unpaired) electrons. The van der Waals surface area contributed by atoms with E-state index in [-0.39, 0.29) is 18.2 Å². The van der Waals surface area contributed by atoms with Gasteiger partial charge in [0, 0.05) is 40.6 Å². The van der Waals surface area contributed by atoms with Crippen molar-refractivity contribution in [1.29, 1.82) is 0 Å². The fourth-order valence-electron chi connectivity index (χ4n) is 2.71. The Hall–Kier alpha value is -1.35. The lowest BCUT2D eigenvalue weighted by molar-refractivity contribution is 0.103. The Labute approximate surface area is 161 Å². The molecule has 1 fully saturated rings. The molecule has 1 aromatic carbocycles. The highest BCUT2D eigenvalue weighted by Crippen LogP contribution is 2.42. The van der Waals surface area contributed by atoms with Gasteiger partial charge >= 0.3 is 0 Å². The quantitative estimate of drug-likeness (QED) is 0.509. The van der Waals surface area contributed by atoms with E-state index in [0.29, 0.717) is 32.4 Å². The maximum atomic E-state index is 13.1. The maximum Gasteiger partial charge on any atom is 0.211 e. The zero-order chi connectivity index (χ0) is 19.1. The maximum absolute atomic E-state index is 13.1. The Morgan fingerprint density at radius 2 is 2.08 bits per heavy atom. The van der Waals surface area contributed by atoms with E-state index in [1.807, 2.05) is 6.26 Å². The van der Waals surface area contributed by atoms with Crippen LogP contribution in [-0.2, 0) is 16.6 Å². The minimum Gasteiger partial charge on any atom is -0.360 e. The number of nitrogens with zero attached hydrogens (tertiary/aromatic N) is 2. The number of hydrogen-bond acceptors (Lipinski definition) is 6. The summed E-state index contributed by atoms with van der Waals surface area (Å²) < 4.78 is 30.0. The number of carbonyl (C=O) groups excluding carboxylic acids is 1. The second-order valence-corrected chi connectivity index (χ2v) is 9.65. The molecule has 1 saturated carbocycles. The van der Waals surface area contributed by atoms with Crippen molar-refractivity contribution in [2.24, 2.45) is 0 Å². The normalized spacial score (nSPS) is 14.8. The van der Waals surface area contributed by atoms with Crippen LogP contribution in [0.3, 0.4) is 0 Å². The summed E-state index contributed by atoms with van der Waals surface area (Å²) in [5, 5.41) is 4.22. The van der Waals surface area contributed by atoms with Crippen molar-refractivity contribution in [2.75, 3.05) is 19.6 Å². The number of aromatic nitrogens is 1. The van der Waals surface area contributed by atoms with Crippen LogP contribution in [0, 0.1) is 0 Å². The Bertz CT molecular complexity index is 952. The minimum atomic E-state index is -3.37. The van der Waals surface area contributed by atoms with E-state index in [1.54, 1.807) is 12.1 Å². The minimum absolute atomic E-state index is 0.0913. The highest BCUT2D eigenvalue weighted by molar-refractivity contribution is 7.98. The standard InChI is InChI=1S/C17H19ClN2O4S2/c1-20(26(3,22)23)9-13-14(18)7-6-11(17(13)25-2)15(21)12-8-19-24-16(12)10-4-5-10/h6-8,10H,4-5,9H2,1-3H3. The number of benzene rings is 1. The van der Waals surface area contributed by atoms with Gasteiger partial charge in [0.25, 0.3) is 0 Å². The van der Waals surface area contributed by atoms with Crippen molar-refractivity contribution >= 4 is 39.2 Å². The van der Waals surface area contributed by atoms with Gasteiger partial charge in [-0.25, -0.2) is 12.7 Å². The van der Waals surface area contributed by atoms with Crippen LogP contribution in [0.4, 0.5) is 0 Å². The van der Waals surface area contributed by atoms with Crippen LogP contribution in [0.5, 0.6) is 0 Å². The summed E-state index contributed by atoms with van der Waals surface area (Å²) in [5.74, 6) is 0.710. The van der Waals surface area contributed by atoms with E-state index >= 15 is 0 Å². The SMILES string of the molecule is CSc1c(C(=O)c2cnoc2C2CC2)ccc(Cl)c1CN(C)S(C)(=O)=O. The molecule has 0 bridgehead atoms. The summed E-state index contributed by atoms with van der Waals surface area (Å²) >= 11 is 7.69. The second-order valence-electron chi connectivity index (χ2n) is 6.33. The molecule has 140 valence electrons. The van der Waals surface area contributed by atoms with Crippen LogP contribution in [0.2, 0.25) is 5.02 Å². The van der Waals surface area contributed by atoms with Crippen LogP contribution in [0.15, 0.2) is 27.7 Å². The van der Waals surface area contributed by atoms with Gasteiger partial charge in [0.2, 0.25) is 10.0 Å². The number of ketones is 1. The molecule has 9 heteroatoms. The van der Waals surface area contributed by atoms with E-state index in [9.17, 15) is 13.2 Å².